The number of unbranched alkanes of at least 4 members (excludes halogenated alkanes) is 1. The molecule has 2 aromatic carbocycles. The molecule has 1 heterocycles. The Morgan fingerprint density at radius 3 is 2.72 bits per heavy atom. The van der Waals surface area contributed by atoms with Gasteiger partial charge < -0.3 is 9.47 Å². The van der Waals surface area contributed by atoms with Crippen LogP contribution < -0.4 is 15.0 Å². The Balaban J connectivity index is 2.15. The molecule has 0 N–H and O–H groups in total. The fourth-order valence-corrected chi connectivity index (χ4v) is 3.56. The van der Waals surface area contributed by atoms with Gasteiger partial charge in [-0.2, -0.15) is 9.78 Å². The van der Waals surface area contributed by atoms with Crippen molar-refractivity contribution in [3.05, 3.63) is 66.7 Å². The monoisotopic (exact) mass is 502 g/mol. The van der Waals surface area contributed by atoms with Crippen LogP contribution in [-0.4, -0.2) is 34.5 Å². The maximum Gasteiger partial charge on any atom is 0.315 e. The Bertz CT molecular complexity index is 1240. The standard InChI is InChI=1S/C22H23BrN4O5/c1-4-6-7-20-25-17-9-8-15(23)12-16(17)22(28)26(20)24-13-14-10-18(27(29)30)21(32-5-2)19(11-14)31-3/h8-13H,4-7H2,1-3H3. The van der Waals surface area contributed by atoms with Crippen LogP contribution in [0.25, 0.3) is 10.9 Å². The molecule has 0 aliphatic rings. The molecule has 10 heteroatoms. The zero-order chi connectivity index (χ0) is 23.3. The predicted octanol–water partition coefficient (Wildman–Crippen LogP) is 4.70. The highest BCUT2D eigenvalue weighted by molar-refractivity contribution is 9.10. The Morgan fingerprint density at radius 1 is 1.28 bits per heavy atom. The predicted molar refractivity (Wildman–Crippen MR) is 126 cm³/mol. The Kier molecular flexibility index (Phi) is 7.57. The van der Waals surface area contributed by atoms with Crippen molar-refractivity contribution in [2.24, 2.45) is 5.10 Å². The number of aryl methyl sites for hydroxylation is 1. The third-order valence-corrected chi connectivity index (χ3v) is 5.21. The smallest absolute Gasteiger partial charge is 0.315 e. The van der Waals surface area contributed by atoms with Crippen LogP contribution in [0.4, 0.5) is 5.69 Å². The van der Waals surface area contributed by atoms with Gasteiger partial charge in [0.15, 0.2) is 5.75 Å². The van der Waals surface area contributed by atoms with Crippen LogP contribution in [0.1, 0.15) is 38.1 Å². The summed E-state index contributed by atoms with van der Waals surface area (Å²) in [5, 5.41) is 16.3. The van der Waals surface area contributed by atoms with Gasteiger partial charge in [0.25, 0.3) is 5.56 Å². The summed E-state index contributed by atoms with van der Waals surface area (Å²) in [7, 11) is 1.40. The molecule has 3 rings (SSSR count). The van der Waals surface area contributed by atoms with E-state index in [1.807, 2.05) is 6.07 Å². The maximum atomic E-state index is 13.2. The highest BCUT2D eigenvalue weighted by Crippen LogP contribution is 2.38. The molecule has 168 valence electrons. The molecule has 0 aliphatic heterocycles. The molecule has 0 fully saturated rings. The molecule has 0 bridgehead atoms. The topological polar surface area (TPSA) is 109 Å². The summed E-state index contributed by atoms with van der Waals surface area (Å²) in [6.07, 6.45) is 3.72. The van der Waals surface area contributed by atoms with E-state index >= 15 is 0 Å². The van der Waals surface area contributed by atoms with E-state index in [0.717, 1.165) is 17.3 Å². The van der Waals surface area contributed by atoms with E-state index in [4.69, 9.17) is 9.47 Å². The van der Waals surface area contributed by atoms with E-state index in [2.05, 4.69) is 32.9 Å². The summed E-state index contributed by atoms with van der Waals surface area (Å²) >= 11 is 3.38. The highest BCUT2D eigenvalue weighted by atomic mass is 79.9. The third-order valence-electron chi connectivity index (χ3n) is 4.71. The molecule has 0 unspecified atom stereocenters. The molecule has 0 spiro atoms. The highest BCUT2D eigenvalue weighted by Gasteiger charge is 2.22. The lowest BCUT2D eigenvalue weighted by molar-refractivity contribution is -0.385. The van der Waals surface area contributed by atoms with Gasteiger partial charge in [-0.05, 0) is 37.6 Å². The van der Waals surface area contributed by atoms with Crippen molar-refractivity contribution in [1.29, 1.82) is 0 Å². The summed E-state index contributed by atoms with van der Waals surface area (Å²) in [5.74, 6) is 0.784. The quantitative estimate of drug-likeness (QED) is 0.238. The average molecular weight is 503 g/mol. The van der Waals surface area contributed by atoms with Crippen molar-refractivity contribution >= 4 is 38.7 Å². The zero-order valence-corrected chi connectivity index (χ0v) is 19.6. The minimum absolute atomic E-state index is 0.0511. The lowest BCUT2D eigenvalue weighted by Crippen LogP contribution is -2.22. The van der Waals surface area contributed by atoms with E-state index < -0.39 is 4.92 Å². The van der Waals surface area contributed by atoms with Gasteiger partial charge in [0.05, 0.1) is 35.8 Å². The van der Waals surface area contributed by atoms with Crippen LogP contribution in [0.2, 0.25) is 0 Å². The summed E-state index contributed by atoms with van der Waals surface area (Å²) in [5.41, 5.74) is 0.423. The van der Waals surface area contributed by atoms with Gasteiger partial charge in [-0.15, -0.1) is 0 Å². The van der Waals surface area contributed by atoms with Crippen LogP contribution in [0, 0.1) is 10.1 Å². The van der Waals surface area contributed by atoms with Crippen molar-refractivity contribution in [1.82, 2.24) is 9.66 Å². The number of methoxy groups -OCH3 is 1. The molecular formula is C22H23BrN4O5. The van der Waals surface area contributed by atoms with Gasteiger partial charge >= 0.3 is 5.69 Å². The molecule has 9 nitrogen and oxygen atoms in total. The van der Waals surface area contributed by atoms with Crippen LogP contribution in [0.5, 0.6) is 11.5 Å². The number of nitro groups is 1. The van der Waals surface area contributed by atoms with Crippen molar-refractivity contribution in [2.45, 2.75) is 33.1 Å². The van der Waals surface area contributed by atoms with Crippen molar-refractivity contribution in [3.8, 4) is 11.5 Å². The molecule has 0 atom stereocenters. The molecule has 32 heavy (non-hydrogen) atoms. The Hall–Kier alpha value is -3.27. The van der Waals surface area contributed by atoms with Crippen molar-refractivity contribution < 1.29 is 14.4 Å². The average Bonchev–Trinajstić information content (AvgIpc) is 2.78. The molecule has 0 saturated heterocycles. The SMILES string of the molecule is CCCCc1nc2ccc(Br)cc2c(=O)n1N=Cc1cc(OC)c(OCC)c([N+](=O)[O-])c1. The third kappa shape index (κ3) is 4.96. The summed E-state index contributed by atoms with van der Waals surface area (Å²) < 4.78 is 12.7. The van der Waals surface area contributed by atoms with Gasteiger partial charge in [-0.1, -0.05) is 29.3 Å². The minimum atomic E-state index is -0.543. The fraction of sp³-hybridized carbons (Fsp3) is 0.318. The number of fused-ring (bicyclic) bond motifs is 1. The van der Waals surface area contributed by atoms with E-state index in [0.29, 0.717) is 28.7 Å². The normalized spacial score (nSPS) is 11.2. The second kappa shape index (κ2) is 10.4. The Labute approximate surface area is 193 Å². The van der Waals surface area contributed by atoms with Crippen LogP contribution in [0.3, 0.4) is 0 Å². The lowest BCUT2D eigenvalue weighted by atomic mass is 10.2. The number of nitro benzene ring substituents is 1. The molecule has 0 radical (unpaired) electrons. The number of nitrogens with zero attached hydrogens (tertiary/aromatic N) is 4. The number of hydrogen-bond acceptors (Lipinski definition) is 7. The minimum Gasteiger partial charge on any atom is -0.493 e. The fourth-order valence-electron chi connectivity index (χ4n) is 3.19. The van der Waals surface area contributed by atoms with Gasteiger partial charge in [-0.3, -0.25) is 14.9 Å². The van der Waals surface area contributed by atoms with Crippen molar-refractivity contribution in [3.63, 3.8) is 0 Å². The number of rotatable bonds is 9. The maximum absolute atomic E-state index is 13.2. The number of hydrogen-bond donors (Lipinski definition) is 0. The molecule has 0 saturated carbocycles. The summed E-state index contributed by atoms with van der Waals surface area (Å²) in [6.45, 7) is 4.03. The number of halogens is 1. The zero-order valence-electron chi connectivity index (χ0n) is 18.0. The van der Waals surface area contributed by atoms with Gasteiger partial charge in [0.2, 0.25) is 5.75 Å². The number of benzene rings is 2. The van der Waals surface area contributed by atoms with Gasteiger partial charge in [-0.25, -0.2) is 4.98 Å². The van der Waals surface area contributed by atoms with Gasteiger partial charge in [0.1, 0.15) is 5.82 Å². The lowest BCUT2D eigenvalue weighted by Gasteiger charge is -2.11. The molecule has 0 aliphatic carbocycles. The Morgan fingerprint density at radius 2 is 2.06 bits per heavy atom. The van der Waals surface area contributed by atoms with Crippen molar-refractivity contribution in [2.75, 3.05) is 13.7 Å². The second-order valence-corrected chi connectivity index (χ2v) is 7.83. The molecule has 1 aromatic heterocycles. The first kappa shape index (κ1) is 23.4. The molecular weight excluding hydrogens is 480 g/mol. The largest absolute Gasteiger partial charge is 0.493 e. The number of ether oxygens (including phenoxy) is 2. The second-order valence-electron chi connectivity index (χ2n) is 6.92. The van der Waals surface area contributed by atoms with E-state index in [1.165, 1.54) is 24.1 Å². The van der Waals surface area contributed by atoms with E-state index in [9.17, 15) is 14.9 Å². The molecule has 3 aromatic rings. The van der Waals surface area contributed by atoms with Crippen LogP contribution in [-0.2, 0) is 6.42 Å². The number of aromatic nitrogens is 2. The first-order chi connectivity index (χ1) is 15.4. The molecule has 0 amide bonds. The summed E-state index contributed by atoms with van der Waals surface area (Å²) in [4.78, 5) is 28.8. The van der Waals surface area contributed by atoms with Gasteiger partial charge in [0, 0.05) is 22.5 Å². The first-order valence-corrected chi connectivity index (χ1v) is 10.9. The van der Waals surface area contributed by atoms with Crippen LogP contribution in [0.15, 0.2) is 44.7 Å². The van der Waals surface area contributed by atoms with E-state index in [1.54, 1.807) is 25.1 Å². The van der Waals surface area contributed by atoms with Crippen LogP contribution >= 0.6 is 15.9 Å². The summed E-state index contributed by atoms with van der Waals surface area (Å²) in [6, 6.07) is 8.22. The van der Waals surface area contributed by atoms with E-state index in [-0.39, 0.29) is 29.4 Å². The first-order valence-electron chi connectivity index (χ1n) is 10.1.